The highest BCUT2D eigenvalue weighted by molar-refractivity contribution is 7.92. The van der Waals surface area contributed by atoms with Crippen LogP contribution in [0.1, 0.15) is 46.3 Å². The Bertz CT molecular complexity index is 1930. The van der Waals surface area contributed by atoms with Gasteiger partial charge < -0.3 is 29.1 Å². The molecular formula is C34H36FN3O11S. The molecule has 1 saturated carbocycles. The van der Waals surface area contributed by atoms with Crippen LogP contribution in [0.3, 0.4) is 0 Å². The summed E-state index contributed by atoms with van der Waals surface area (Å²) in [6.07, 6.45) is 0.300. The van der Waals surface area contributed by atoms with E-state index in [1.54, 1.807) is 41.9 Å². The van der Waals surface area contributed by atoms with Crippen LogP contribution in [0, 0.1) is 5.82 Å². The van der Waals surface area contributed by atoms with E-state index < -0.39 is 39.9 Å². The van der Waals surface area contributed by atoms with Gasteiger partial charge in [0.25, 0.3) is 5.91 Å². The van der Waals surface area contributed by atoms with Crippen LogP contribution in [-0.2, 0) is 33.8 Å². The predicted octanol–water partition coefficient (Wildman–Crippen LogP) is 4.41. The number of esters is 1. The average Bonchev–Trinajstić information content (AvgIpc) is 3.86. The monoisotopic (exact) mass is 713 g/mol. The first-order chi connectivity index (χ1) is 24.0. The first-order valence-electron chi connectivity index (χ1n) is 15.6. The van der Waals surface area contributed by atoms with Gasteiger partial charge in [-0.3, -0.25) is 14.3 Å². The predicted molar refractivity (Wildman–Crippen MR) is 177 cm³/mol. The van der Waals surface area contributed by atoms with E-state index >= 15 is 0 Å². The van der Waals surface area contributed by atoms with Crippen molar-refractivity contribution in [1.29, 1.82) is 0 Å². The van der Waals surface area contributed by atoms with Gasteiger partial charge in [0.15, 0.2) is 6.10 Å². The summed E-state index contributed by atoms with van der Waals surface area (Å²) in [6.45, 7) is 0.437. The maximum Gasteiger partial charge on any atom is 0.412 e. The first-order valence-corrected chi connectivity index (χ1v) is 17.4. The number of hydrogen-bond acceptors (Lipinski definition) is 11. The van der Waals surface area contributed by atoms with E-state index in [9.17, 15) is 27.2 Å². The number of primary amides is 1. The summed E-state index contributed by atoms with van der Waals surface area (Å²) in [5.41, 5.74) is 8.61. The zero-order valence-electron chi connectivity index (χ0n) is 27.0. The van der Waals surface area contributed by atoms with Crippen molar-refractivity contribution in [2.45, 2.75) is 24.9 Å². The minimum Gasteiger partial charge on any atom is -0.455 e. The molecule has 1 aliphatic rings. The van der Waals surface area contributed by atoms with Gasteiger partial charge in [0, 0.05) is 17.0 Å². The summed E-state index contributed by atoms with van der Waals surface area (Å²) in [5, 5.41) is 9.31. The number of amides is 2. The van der Waals surface area contributed by atoms with Gasteiger partial charge in [-0.1, -0.05) is 30.3 Å². The number of nitrogens with two attached hydrogens (primary N) is 1. The number of hydrogen-bond donors (Lipinski definition) is 3. The molecule has 3 aromatic carbocycles. The molecular weight excluding hydrogens is 677 g/mol. The van der Waals surface area contributed by atoms with Crippen molar-refractivity contribution < 1.29 is 55.8 Å². The molecule has 2 amide bonds. The number of nitrogens with one attached hydrogen (secondary N) is 1. The van der Waals surface area contributed by atoms with E-state index in [4.69, 9.17) is 29.6 Å². The highest BCUT2D eigenvalue weighted by Gasteiger charge is 2.34. The summed E-state index contributed by atoms with van der Waals surface area (Å²) in [7, 11) is -3.83. The molecule has 16 heteroatoms. The molecule has 266 valence electrons. The quantitative estimate of drug-likeness (QED) is 0.0461. The molecule has 1 aromatic heterocycles. The number of carbonyl (C=O) groups is 3. The first kappa shape index (κ1) is 36.4. The molecule has 0 spiro atoms. The van der Waals surface area contributed by atoms with E-state index in [1.165, 1.54) is 34.6 Å². The van der Waals surface area contributed by atoms with Crippen LogP contribution in [-0.4, -0.2) is 77.4 Å². The van der Waals surface area contributed by atoms with Crippen LogP contribution < -0.4 is 15.5 Å². The number of carbonyl (C=O) groups excluding carboxylic acids is 3. The lowest BCUT2D eigenvalue weighted by molar-refractivity contribution is -0.143. The number of anilines is 1. The third kappa shape index (κ3) is 9.02. The highest BCUT2D eigenvalue weighted by atomic mass is 32.2. The van der Waals surface area contributed by atoms with Crippen LogP contribution >= 0.6 is 0 Å². The average molecular weight is 714 g/mol. The maximum absolute atomic E-state index is 13.7. The van der Waals surface area contributed by atoms with Crippen molar-refractivity contribution in [1.82, 2.24) is 5.48 Å². The topological polar surface area (TPSA) is 197 Å². The summed E-state index contributed by atoms with van der Waals surface area (Å²) in [5.74, 6) is -2.30. The normalized spacial score (nSPS) is 13.6. The number of rotatable bonds is 17. The van der Waals surface area contributed by atoms with Crippen molar-refractivity contribution >= 4 is 44.6 Å². The lowest BCUT2D eigenvalue weighted by Gasteiger charge is -2.25. The minimum atomic E-state index is -3.83. The number of hydroxylamine groups is 1. The lowest BCUT2D eigenvalue weighted by Crippen LogP contribution is -2.34. The van der Waals surface area contributed by atoms with E-state index in [1.807, 2.05) is 0 Å². The Balaban J connectivity index is 1.26. The van der Waals surface area contributed by atoms with Crippen LogP contribution in [0.4, 0.5) is 14.9 Å². The second-order valence-electron chi connectivity index (χ2n) is 11.4. The molecule has 50 heavy (non-hydrogen) atoms. The molecule has 0 saturated heterocycles. The number of nitrogens with zero attached hydrogens (tertiary/aromatic N) is 1. The molecule has 4 N–H and O–H groups in total. The van der Waals surface area contributed by atoms with Crippen molar-refractivity contribution in [2.75, 3.05) is 50.1 Å². The second-order valence-corrected chi connectivity index (χ2v) is 13.3. The molecule has 0 radical (unpaired) electrons. The standard InChI is InChI=1S/C34H36FN3O11S/c1-50(43,44)38(13-14-45-15-16-46-17-18-47-31(32(39)37-42)22-5-3-2-4-6-22)27-20-28-26(19-25(27)21-7-8-21)29(33(40)49-34(36)41)30(48-28)23-9-11-24(35)12-10-23/h2-6,9-12,19-21,31,42H,7-8,13-18H2,1H3,(H2,36,41)(H,37,39). The minimum absolute atomic E-state index is 0.00275. The molecule has 0 aliphatic heterocycles. The molecule has 1 aliphatic carbocycles. The third-order valence-corrected chi connectivity index (χ3v) is 8.98. The fraction of sp³-hybridized carbons (Fsp3) is 0.324. The molecule has 1 unspecified atom stereocenters. The number of ether oxygens (including phenoxy) is 4. The van der Waals surface area contributed by atoms with Crippen LogP contribution in [0.2, 0.25) is 0 Å². The molecule has 4 aromatic rings. The van der Waals surface area contributed by atoms with E-state index in [-0.39, 0.29) is 67.8 Å². The summed E-state index contributed by atoms with van der Waals surface area (Å²) < 4.78 is 68.6. The zero-order valence-corrected chi connectivity index (χ0v) is 27.8. The number of benzene rings is 3. The van der Waals surface area contributed by atoms with Gasteiger partial charge in [0.05, 0.1) is 51.5 Å². The Hall–Kier alpha value is -4.87. The van der Waals surface area contributed by atoms with Crippen LogP contribution in [0.15, 0.2) is 71.1 Å². The lowest BCUT2D eigenvalue weighted by atomic mass is 10.0. The summed E-state index contributed by atoms with van der Waals surface area (Å²) >= 11 is 0. The Morgan fingerprint density at radius 3 is 2.28 bits per heavy atom. The SMILES string of the molecule is CS(=O)(=O)N(CCOCCOCCOC(C(=O)NO)c1ccccc1)c1cc2oc(-c3ccc(F)cc3)c(C(=O)OC(N)=O)c2cc1C1CC1. The number of furan rings is 1. The fourth-order valence-corrected chi connectivity index (χ4v) is 6.33. The molecule has 1 fully saturated rings. The highest BCUT2D eigenvalue weighted by Crippen LogP contribution is 2.48. The molecule has 14 nitrogen and oxygen atoms in total. The number of sulfonamides is 1. The number of halogens is 1. The Morgan fingerprint density at radius 2 is 1.66 bits per heavy atom. The van der Waals surface area contributed by atoms with Crippen molar-refractivity contribution in [3.05, 3.63) is 89.2 Å². The van der Waals surface area contributed by atoms with Gasteiger partial charge >= 0.3 is 12.1 Å². The Kier molecular flexibility index (Phi) is 11.8. The van der Waals surface area contributed by atoms with Crippen LogP contribution in [0.5, 0.6) is 0 Å². The van der Waals surface area contributed by atoms with Gasteiger partial charge in [-0.25, -0.2) is 27.9 Å². The largest absolute Gasteiger partial charge is 0.455 e. The van der Waals surface area contributed by atoms with Crippen molar-refractivity contribution in [3.8, 4) is 11.3 Å². The van der Waals surface area contributed by atoms with E-state index in [2.05, 4.69) is 4.74 Å². The van der Waals surface area contributed by atoms with Gasteiger partial charge in [0.1, 0.15) is 22.7 Å². The second kappa shape index (κ2) is 16.2. The Morgan fingerprint density at radius 1 is 1.00 bits per heavy atom. The Labute approximate surface area is 286 Å². The summed E-state index contributed by atoms with van der Waals surface area (Å²) in [4.78, 5) is 36.5. The van der Waals surface area contributed by atoms with E-state index in [0.717, 1.165) is 19.1 Å². The van der Waals surface area contributed by atoms with Gasteiger partial charge in [-0.05, 0) is 60.2 Å². The molecule has 5 rings (SSSR count). The van der Waals surface area contributed by atoms with Crippen LogP contribution in [0.25, 0.3) is 22.3 Å². The van der Waals surface area contributed by atoms with Crippen molar-refractivity contribution in [2.24, 2.45) is 5.73 Å². The van der Waals surface area contributed by atoms with Gasteiger partial charge in [-0.15, -0.1) is 0 Å². The molecule has 1 heterocycles. The number of fused-ring (bicyclic) bond motifs is 1. The molecule has 1 atom stereocenters. The molecule has 0 bridgehead atoms. The summed E-state index contributed by atoms with van der Waals surface area (Å²) in [6, 6.07) is 17.0. The zero-order chi connectivity index (χ0) is 35.8. The van der Waals surface area contributed by atoms with E-state index in [0.29, 0.717) is 22.4 Å². The van der Waals surface area contributed by atoms with Gasteiger partial charge in [-0.2, -0.15) is 0 Å². The third-order valence-electron chi connectivity index (χ3n) is 7.80. The van der Waals surface area contributed by atoms with Gasteiger partial charge in [0.2, 0.25) is 10.0 Å². The smallest absolute Gasteiger partial charge is 0.412 e. The fourth-order valence-electron chi connectivity index (χ4n) is 5.40. The van der Waals surface area contributed by atoms with Crippen molar-refractivity contribution in [3.63, 3.8) is 0 Å². The maximum atomic E-state index is 13.7.